The van der Waals surface area contributed by atoms with Crippen LogP contribution < -0.4 is 15.4 Å². The van der Waals surface area contributed by atoms with Gasteiger partial charge in [-0.25, -0.2) is 0 Å². The van der Waals surface area contributed by atoms with Crippen molar-refractivity contribution >= 4 is 5.91 Å². The predicted molar refractivity (Wildman–Crippen MR) is 97.9 cm³/mol. The highest BCUT2D eigenvalue weighted by Crippen LogP contribution is 2.20. The zero-order valence-electron chi connectivity index (χ0n) is 15.3. The number of hydrogen-bond donors (Lipinski definition) is 2. The van der Waals surface area contributed by atoms with Gasteiger partial charge in [-0.2, -0.15) is 4.98 Å². The topological polar surface area (TPSA) is 89.3 Å². The van der Waals surface area contributed by atoms with E-state index in [1.807, 2.05) is 24.3 Å². The molecule has 7 heteroatoms. The van der Waals surface area contributed by atoms with Crippen LogP contribution in [0.15, 0.2) is 28.8 Å². The van der Waals surface area contributed by atoms with E-state index in [2.05, 4.69) is 27.7 Å². The average molecular weight is 358 g/mol. The first-order valence-electron chi connectivity index (χ1n) is 9.15. The molecule has 0 aliphatic carbocycles. The number of carbonyl (C=O) groups is 1. The van der Waals surface area contributed by atoms with Crippen molar-refractivity contribution in [3.8, 4) is 17.1 Å². The Kier molecular flexibility index (Phi) is 6.22. The van der Waals surface area contributed by atoms with Gasteiger partial charge in [0.2, 0.25) is 17.6 Å². The van der Waals surface area contributed by atoms with Crippen molar-refractivity contribution in [3.05, 3.63) is 30.2 Å². The maximum Gasteiger partial charge on any atom is 0.226 e. The summed E-state index contributed by atoms with van der Waals surface area (Å²) in [6, 6.07) is 8.05. The predicted octanol–water partition coefficient (Wildman–Crippen LogP) is 2.32. The quantitative estimate of drug-likeness (QED) is 0.790. The molecular weight excluding hydrogens is 332 g/mol. The minimum atomic E-state index is 0.0837. The maximum atomic E-state index is 12.1. The highest BCUT2D eigenvalue weighted by molar-refractivity contribution is 5.76. The Morgan fingerprint density at radius 2 is 2.19 bits per heavy atom. The number of hydrogen-bond acceptors (Lipinski definition) is 6. The number of carbonyl (C=O) groups excluding carboxylic acids is 1. The van der Waals surface area contributed by atoms with Crippen molar-refractivity contribution in [3.63, 3.8) is 0 Å². The maximum absolute atomic E-state index is 12.1. The highest BCUT2D eigenvalue weighted by Gasteiger charge is 2.22. The number of aromatic nitrogens is 2. The lowest BCUT2D eigenvalue weighted by atomic mass is 9.99. The van der Waals surface area contributed by atoms with Gasteiger partial charge in [0.1, 0.15) is 5.75 Å². The molecule has 2 unspecified atom stereocenters. The number of methoxy groups -OCH3 is 1. The molecule has 2 aromatic rings. The van der Waals surface area contributed by atoms with E-state index in [0.29, 0.717) is 37.0 Å². The molecular formula is C19H26N4O3. The Morgan fingerprint density at radius 3 is 2.92 bits per heavy atom. The van der Waals surface area contributed by atoms with Crippen LogP contribution in [0.2, 0.25) is 0 Å². The first-order chi connectivity index (χ1) is 12.7. The van der Waals surface area contributed by atoms with E-state index in [-0.39, 0.29) is 11.9 Å². The SMILES string of the molecule is COc1ccc(-c2noc(CCCC(=O)NC3CCCNC3C)n2)cc1. The smallest absolute Gasteiger partial charge is 0.226 e. The van der Waals surface area contributed by atoms with E-state index in [9.17, 15) is 4.79 Å². The molecule has 1 aromatic carbocycles. The summed E-state index contributed by atoms with van der Waals surface area (Å²) >= 11 is 0. The number of benzene rings is 1. The fourth-order valence-electron chi connectivity index (χ4n) is 3.13. The van der Waals surface area contributed by atoms with Crippen LogP contribution in [-0.2, 0) is 11.2 Å². The fourth-order valence-corrected chi connectivity index (χ4v) is 3.13. The lowest BCUT2D eigenvalue weighted by Gasteiger charge is -2.30. The second-order valence-electron chi connectivity index (χ2n) is 6.65. The van der Waals surface area contributed by atoms with Crippen LogP contribution in [-0.4, -0.2) is 41.8 Å². The first kappa shape index (κ1) is 18.4. The van der Waals surface area contributed by atoms with Crippen molar-refractivity contribution in [1.29, 1.82) is 0 Å². The van der Waals surface area contributed by atoms with Crippen molar-refractivity contribution in [2.75, 3.05) is 13.7 Å². The van der Waals surface area contributed by atoms with E-state index >= 15 is 0 Å². The van der Waals surface area contributed by atoms with Crippen molar-refractivity contribution in [2.45, 2.75) is 51.1 Å². The van der Waals surface area contributed by atoms with Crippen molar-refractivity contribution in [1.82, 2.24) is 20.8 Å². The zero-order valence-corrected chi connectivity index (χ0v) is 15.3. The molecule has 1 aliphatic heterocycles. The molecule has 140 valence electrons. The Hall–Kier alpha value is -2.41. The van der Waals surface area contributed by atoms with Crippen LogP contribution in [0.3, 0.4) is 0 Å². The Morgan fingerprint density at radius 1 is 1.38 bits per heavy atom. The number of amides is 1. The van der Waals surface area contributed by atoms with E-state index in [1.165, 1.54) is 0 Å². The van der Waals surface area contributed by atoms with Crippen LogP contribution in [0.4, 0.5) is 0 Å². The molecule has 0 radical (unpaired) electrons. The molecule has 2 N–H and O–H groups in total. The summed E-state index contributed by atoms with van der Waals surface area (Å²) in [5.74, 6) is 1.97. The third-order valence-corrected chi connectivity index (χ3v) is 4.72. The molecule has 0 saturated carbocycles. The lowest BCUT2D eigenvalue weighted by Crippen LogP contribution is -2.51. The van der Waals surface area contributed by atoms with Crippen LogP contribution in [0.25, 0.3) is 11.4 Å². The third-order valence-electron chi connectivity index (χ3n) is 4.72. The van der Waals surface area contributed by atoms with Gasteiger partial charge in [-0.1, -0.05) is 5.16 Å². The molecule has 3 rings (SSSR count). The summed E-state index contributed by atoms with van der Waals surface area (Å²) < 4.78 is 10.4. The molecule has 2 heterocycles. The lowest BCUT2D eigenvalue weighted by molar-refractivity contribution is -0.122. The number of nitrogens with one attached hydrogen (secondary N) is 2. The van der Waals surface area contributed by atoms with Gasteiger partial charge in [-0.15, -0.1) is 0 Å². The summed E-state index contributed by atoms with van der Waals surface area (Å²) in [6.45, 7) is 3.14. The molecule has 0 bridgehead atoms. The Balaban J connectivity index is 1.45. The first-order valence-corrected chi connectivity index (χ1v) is 9.15. The molecule has 2 atom stereocenters. The van der Waals surface area contributed by atoms with E-state index in [1.54, 1.807) is 7.11 Å². The number of rotatable bonds is 7. The van der Waals surface area contributed by atoms with Gasteiger partial charge in [0.05, 0.1) is 7.11 Å². The largest absolute Gasteiger partial charge is 0.497 e. The molecule has 1 amide bonds. The van der Waals surface area contributed by atoms with Crippen LogP contribution in [0.1, 0.15) is 38.5 Å². The van der Waals surface area contributed by atoms with Crippen molar-refractivity contribution < 1.29 is 14.1 Å². The number of aryl methyl sites for hydroxylation is 1. The van der Waals surface area contributed by atoms with Gasteiger partial charge in [-0.3, -0.25) is 4.79 Å². The molecule has 1 aliphatic rings. The van der Waals surface area contributed by atoms with Gasteiger partial charge in [0, 0.05) is 30.5 Å². The summed E-state index contributed by atoms with van der Waals surface area (Å²) in [5, 5.41) is 10.5. The Bertz CT molecular complexity index is 714. The second-order valence-corrected chi connectivity index (χ2v) is 6.65. The normalized spacial score (nSPS) is 19.9. The van der Waals surface area contributed by atoms with Crippen LogP contribution in [0, 0.1) is 0 Å². The van der Waals surface area contributed by atoms with Gasteiger partial charge < -0.3 is 19.9 Å². The summed E-state index contributed by atoms with van der Waals surface area (Å²) in [7, 11) is 1.63. The van der Waals surface area contributed by atoms with E-state index in [4.69, 9.17) is 9.26 Å². The number of ether oxygens (including phenoxy) is 1. The summed E-state index contributed by atoms with van der Waals surface area (Å²) in [6.07, 6.45) is 3.88. The van der Waals surface area contributed by atoms with Gasteiger partial charge in [0.15, 0.2) is 0 Å². The van der Waals surface area contributed by atoms with Gasteiger partial charge in [-0.05, 0) is 57.0 Å². The minimum Gasteiger partial charge on any atom is -0.497 e. The van der Waals surface area contributed by atoms with Gasteiger partial charge in [0.25, 0.3) is 0 Å². The summed E-state index contributed by atoms with van der Waals surface area (Å²) in [4.78, 5) is 16.5. The second kappa shape index (κ2) is 8.80. The standard InChI is InChI=1S/C19H26N4O3/c1-13-16(5-4-12-20-13)21-17(24)6-3-7-18-22-19(23-26-18)14-8-10-15(25-2)11-9-14/h8-11,13,16,20H,3-7,12H2,1-2H3,(H,21,24). The molecule has 1 aromatic heterocycles. The molecule has 0 spiro atoms. The monoisotopic (exact) mass is 358 g/mol. The molecule has 1 fully saturated rings. The van der Waals surface area contributed by atoms with E-state index < -0.39 is 0 Å². The number of piperidine rings is 1. The zero-order chi connectivity index (χ0) is 18.4. The average Bonchev–Trinajstić information content (AvgIpc) is 3.12. The minimum absolute atomic E-state index is 0.0837. The number of nitrogens with zero attached hydrogens (tertiary/aromatic N) is 2. The van der Waals surface area contributed by atoms with Crippen LogP contribution >= 0.6 is 0 Å². The molecule has 26 heavy (non-hydrogen) atoms. The Labute approximate surface area is 153 Å². The van der Waals surface area contributed by atoms with Crippen molar-refractivity contribution in [2.24, 2.45) is 0 Å². The molecule has 7 nitrogen and oxygen atoms in total. The van der Waals surface area contributed by atoms with Gasteiger partial charge >= 0.3 is 0 Å². The van der Waals surface area contributed by atoms with E-state index in [0.717, 1.165) is 30.7 Å². The highest BCUT2D eigenvalue weighted by atomic mass is 16.5. The fraction of sp³-hybridized carbons (Fsp3) is 0.526. The molecule has 1 saturated heterocycles. The van der Waals surface area contributed by atoms with Crippen LogP contribution in [0.5, 0.6) is 5.75 Å². The summed E-state index contributed by atoms with van der Waals surface area (Å²) in [5.41, 5.74) is 0.873. The third kappa shape index (κ3) is 4.82.